The maximum absolute atomic E-state index is 13.0. The lowest BCUT2D eigenvalue weighted by atomic mass is 9.82. The number of benzene rings is 1. The van der Waals surface area contributed by atoms with Crippen molar-refractivity contribution >= 4 is 11.9 Å². The molecule has 2 N–H and O–H groups in total. The highest BCUT2D eigenvalue weighted by Gasteiger charge is 2.29. The zero-order chi connectivity index (χ0) is 16.5. The van der Waals surface area contributed by atoms with Gasteiger partial charge in [-0.1, -0.05) is 30.3 Å². The maximum Gasteiger partial charge on any atom is 0.257 e. The van der Waals surface area contributed by atoms with Crippen molar-refractivity contribution in [2.24, 2.45) is 0 Å². The molecule has 6 nitrogen and oxygen atoms in total. The van der Waals surface area contributed by atoms with E-state index in [2.05, 4.69) is 21.1 Å². The number of anilines is 1. The van der Waals surface area contributed by atoms with Crippen LogP contribution in [-0.2, 0) is 6.42 Å². The highest BCUT2D eigenvalue weighted by atomic mass is 16.2. The van der Waals surface area contributed by atoms with Crippen molar-refractivity contribution in [2.45, 2.75) is 25.2 Å². The number of hydrogen-bond acceptors (Lipinski definition) is 5. The van der Waals surface area contributed by atoms with E-state index in [-0.39, 0.29) is 17.8 Å². The van der Waals surface area contributed by atoms with Crippen molar-refractivity contribution in [1.82, 2.24) is 19.7 Å². The van der Waals surface area contributed by atoms with Gasteiger partial charge in [0.1, 0.15) is 5.69 Å². The third kappa shape index (κ3) is 2.46. The summed E-state index contributed by atoms with van der Waals surface area (Å²) in [6.45, 7) is 0. The van der Waals surface area contributed by atoms with Crippen molar-refractivity contribution < 1.29 is 4.79 Å². The Morgan fingerprint density at radius 3 is 2.83 bits per heavy atom. The number of nitrogens with two attached hydrogens (primary N) is 1. The van der Waals surface area contributed by atoms with Crippen molar-refractivity contribution in [2.75, 3.05) is 5.73 Å². The van der Waals surface area contributed by atoms with Crippen molar-refractivity contribution in [1.29, 1.82) is 0 Å². The molecule has 24 heavy (non-hydrogen) atoms. The van der Waals surface area contributed by atoms with Crippen LogP contribution in [0.4, 0.5) is 5.95 Å². The maximum atomic E-state index is 13.0. The third-order valence-corrected chi connectivity index (χ3v) is 4.40. The minimum atomic E-state index is -0.226. The van der Waals surface area contributed by atoms with E-state index >= 15 is 0 Å². The summed E-state index contributed by atoms with van der Waals surface area (Å²) in [5, 5.41) is 4.30. The Hall–Kier alpha value is -3.02. The molecule has 4 rings (SSSR count). The molecule has 1 aliphatic rings. The van der Waals surface area contributed by atoms with Crippen LogP contribution in [0.2, 0.25) is 0 Å². The number of carbonyl (C=O) groups is 1. The molecule has 1 aliphatic carbocycles. The van der Waals surface area contributed by atoms with Gasteiger partial charge in [-0.2, -0.15) is 9.67 Å². The van der Waals surface area contributed by atoms with E-state index < -0.39 is 0 Å². The predicted molar refractivity (Wildman–Crippen MR) is 90.4 cm³/mol. The lowest BCUT2D eigenvalue weighted by Gasteiger charge is -2.24. The van der Waals surface area contributed by atoms with Gasteiger partial charge in [0, 0.05) is 6.20 Å². The van der Waals surface area contributed by atoms with Crippen molar-refractivity contribution in [3.8, 4) is 11.5 Å². The molecule has 2 aromatic heterocycles. The average molecular weight is 319 g/mol. The Labute approximate surface area is 139 Å². The molecule has 1 atom stereocenters. The van der Waals surface area contributed by atoms with Gasteiger partial charge in [-0.15, -0.1) is 5.10 Å². The van der Waals surface area contributed by atoms with Gasteiger partial charge >= 0.3 is 0 Å². The van der Waals surface area contributed by atoms with E-state index in [4.69, 9.17) is 5.73 Å². The number of fused-ring (bicyclic) bond motifs is 1. The first kappa shape index (κ1) is 14.6. The summed E-state index contributed by atoms with van der Waals surface area (Å²) in [7, 11) is 0. The van der Waals surface area contributed by atoms with Crippen LogP contribution in [0.1, 0.15) is 34.7 Å². The number of nitrogens with zero attached hydrogens (tertiary/aromatic N) is 4. The summed E-state index contributed by atoms with van der Waals surface area (Å²) in [6, 6.07) is 13.5. The molecule has 6 heteroatoms. The number of pyridine rings is 1. The number of rotatable bonds is 2. The Bertz CT molecular complexity index is 887. The molecule has 2 heterocycles. The average Bonchev–Trinajstić information content (AvgIpc) is 3.03. The molecule has 0 spiro atoms. The smallest absolute Gasteiger partial charge is 0.257 e. The van der Waals surface area contributed by atoms with Crippen LogP contribution in [0.15, 0.2) is 48.7 Å². The zero-order valence-corrected chi connectivity index (χ0v) is 13.1. The molecule has 0 saturated heterocycles. The Morgan fingerprint density at radius 1 is 1.17 bits per heavy atom. The number of aryl methyl sites for hydroxylation is 1. The second kappa shape index (κ2) is 5.88. The first-order chi connectivity index (χ1) is 11.7. The standard InChI is InChI=1S/C18H17N5O/c19-18-21-16(15-10-3-4-11-20-15)22-23(18)17(24)14-9-5-7-12-6-1-2-8-13(12)14/h1-4,6,8,10-11,14H,5,7,9H2,(H2,19,21,22)/t14-/m0/s1. The van der Waals surface area contributed by atoms with Crippen LogP contribution in [0.5, 0.6) is 0 Å². The molecule has 3 aromatic rings. The first-order valence-electron chi connectivity index (χ1n) is 8.00. The van der Waals surface area contributed by atoms with Gasteiger partial charge < -0.3 is 5.73 Å². The molecule has 0 bridgehead atoms. The van der Waals surface area contributed by atoms with Crippen molar-refractivity contribution in [3.63, 3.8) is 0 Å². The van der Waals surface area contributed by atoms with Crippen LogP contribution >= 0.6 is 0 Å². The monoisotopic (exact) mass is 319 g/mol. The van der Waals surface area contributed by atoms with E-state index in [1.807, 2.05) is 30.3 Å². The quantitative estimate of drug-likeness (QED) is 0.784. The van der Waals surface area contributed by atoms with Gasteiger partial charge in [0.2, 0.25) is 11.8 Å². The highest BCUT2D eigenvalue weighted by molar-refractivity contribution is 5.88. The summed E-state index contributed by atoms with van der Waals surface area (Å²) in [4.78, 5) is 21.4. The molecular weight excluding hydrogens is 302 g/mol. The zero-order valence-electron chi connectivity index (χ0n) is 13.1. The van der Waals surface area contributed by atoms with Gasteiger partial charge in [-0.3, -0.25) is 9.78 Å². The Balaban J connectivity index is 1.70. The summed E-state index contributed by atoms with van der Waals surface area (Å²) in [5.74, 6) is 0.110. The fourth-order valence-electron chi connectivity index (χ4n) is 3.25. The topological polar surface area (TPSA) is 86.7 Å². The number of nitrogen functional groups attached to an aromatic ring is 1. The molecule has 0 fully saturated rings. The molecule has 0 aliphatic heterocycles. The van der Waals surface area contributed by atoms with Gasteiger partial charge in [0.15, 0.2) is 0 Å². The SMILES string of the molecule is Nc1nc(-c2ccccn2)nn1C(=O)[C@H]1CCCc2ccccc21. The van der Waals surface area contributed by atoms with Gasteiger partial charge in [0.25, 0.3) is 5.91 Å². The molecule has 120 valence electrons. The summed E-state index contributed by atoms with van der Waals surface area (Å²) in [6.07, 6.45) is 4.45. The second-order valence-corrected chi connectivity index (χ2v) is 5.90. The summed E-state index contributed by atoms with van der Waals surface area (Å²) < 4.78 is 1.22. The Kier molecular flexibility index (Phi) is 3.57. The molecular formula is C18H17N5O. The molecule has 1 aromatic carbocycles. The van der Waals surface area contributed by atoms with Crippen LogP contribution < -0.4 is 5.73 Å². The predicted octanol–water partition coefficient (Wildman–Crippen LogP) is 2.68. The van der Waals surface area contributed by atoms with Crippen LogP contribution in [0, 0.1) is 0 Å². The minimum Gasteiger partial charge on any atom is -0.368 e. The van der Waals surface area contributed by atoms with Gasteiger partial charge in [-0.05, 0) is 42.5 Å². The van der Waals surface area contributed by atoms with E-state index in [1.54, 1.807) is 12.3 Å². The van der Waals surface area contributed by atoms with Crippen LogP contribution in [0.3, 0.4) is 0 Å². The van der Waals surface area contributed by atoms with Gasteiger partial charge in [0.05, 0.1) is 5.92 Å². The molecule has 0 saturated carbocycles. The lowest BCUT2D eigenvalue weighted by molar-refractivity contribution is 0.0855. The second-order valence-electron chi connectivity index (χ2n) is 5.90. The number of aromatic nitrogens is 4. The van der Waals surface area contributed by atoms with Crippen LogP contribution in [-0.4, -0.2) is 25.7 Å². The fraction of sp³-hybridized carbons (Fsp3) is 0.222. The summed E-state index contributed by atoms with van der Waals surface area (Å²) in [5.41, 5.74) is 8.84. The number of carbonyl (C=O) groups excluding carboxylic acids is 1. The first-order valence-corrected chi connectivity index (χ1v) is 8.00. The van der Waals surface area contributed by atoms with E-state index in [9.17, 15) is 4.79 Å². The fourth-order valence-corrected chi connectivity index (χ4v) is 3.25. The van der Waals surface area contributed by atoms with Crippen molar-refractivity contribution in [3.05, 3.63) is 59.8 Å². The molecule has 0 radical (unpaired) electrons. The molecule has 0 unspecified atom stereocenters. The molecule has 0 amide bonds. The normalized spacial score (nSPS) is 16.6. The van der Waals surface area contributed by atoms with Gasteiger partial charge in [-0.25, -0.2) is 0 Å². The third-order valence-electron chi connectivity index (χ3n) is 4.40. The number of hydrogen-bond donors (Lipinski definition) is 1. The van der Waals surface area contributed by atoms with E-state index in [0.717, 1.165) is 24.8 Å². The largest absolute Gasteiger partial charge is 0.368 e. The van der Waals surface area contributed by atoms with E-state index in [1.165, 1.54) is 10.2 Å². The lowest BCUT2D eigenvalue weighted by Crippen LogP contribution is -2.26. The minimum absolute atomic E-state index is 0.101. The van der Waals surface area contributed by atoms with Crippen LogP contribution in [0.25, 0.3) is 11.5 Å². The Morgan fingerprint density at radius 2 is 2.00 bits per heavy atom. The summed E-state index contributed by atoms with van der Waals surface area (Å²) >= 11 is 0. The van der Waals surface area contributed by atoms with E-state index in [0.29, 0.717) is 11.5 Å². The highest BCUT2D eigenvalue weighted by Crippen LogP contribution is 2.33.